The lowest BCUT2D eigenvalue weighted by Gasteiger charge is -2.09. The molecule has 0 aromatic carbocycles. The van der Waals surface area contributed by atoms with Crippen molar-refractivity contribution < 1.29 is 25.8 Å². The number of hydrogen-bond acceptors (Lipinski definition) is 4. The largest absolute Gasteiger partial charge is 0.523 e. The molecule has 0 aliphatic carbocycles. The minimum absolute atomic E-state index is 0.277. The molecule has 1 rings (SSSR count). The summed E-state index contributed by atoms with van der Waals surface area (Å²) in [5.41, 5.74) is -5.12. The summed E-state index contributed by atoms with van der Waals surface area (Å²) < 4.78 is 62.7. The standard InChI is InChI=1S/C8H11F3N2O3S/c1-2-3-13-6-12-4-7(13)5-16-17(14,15)8(9,10)11/h4,6H,2-3,5H2,1H3. The van der Waals surface area contributed by atoms with E-state index in [1.807, 2.05) is 6.92 Å². The van der Waals surface area contributed by atoms with Gasteiger partial charge in [0.15, 0.2) is 0 Å². The van der Waals surface area contributed by atoms with Gasteiger partial charge in [-0.25, -0.2) is 4.98 Å². The van der Waals surface area contributed by atoms with Gasteiger partial charge in [-0.05, 0) is 6.42 Å². The number of rotatable bonds is 5. The topological polar surface area (TPSA) is 61.2 Å². The number of alkyl halides is 3. The Bertz CT molecular complexity index is 467. The maximum atomic E-state index is 12.0. The SMILES string of the molecule is CCCn1cncc1COS(=O)(=O)C(F)(F)F. The van der Waals surface area contributed by atoms with Crippen LogP contribution in [-0.4, -0.2) is 23.5 Å². The van der Waals surface area contributed by atoms with Gasteiger partial charge < -0.3 is 4.57 Å². The lowest BCUT2D eigenvalue weighted by atomic mass is 10.4. The summed E-state index contributed by atoms with van der Waals surface area (Å²) in [6.07, 6.45) is 3.42. The van der Waals surface area contributed by atoms with Crippen LogP contribution >= 0.6 is 0 Å². The maximum absolute atomic E-state index is 12.0. The third kappa shape index (κ3) is 3.43. The van der Waals surface area contributed by atoms with Gasteiger partial charge in [0, 0.05) is 6.54 Å². The Morgan fingerprint density at radius 2 is 2.12 bits per heavy atom. The van der Waals surface area contributed by atoms with Gasteiger partial charge in [0.05, 0.1) is 18.2 Å². The fourth-order valence-corrected chi connectivity index (χ4v) is 1.52. The Balaban J connectivity index is 2.71. The summed E-state index contributed by atoms with van der Waals surface area (Å²) >= 11 is 0. The first-order chi connectivity index (χ1) is 7.78. The molecule has 0 bridgehead atoms. The zero-order valence-electron chi connectivity index (χ0n) is 8.94. The minimum atomic E-state index is -5.55. The van der Waals surface area contributed by atoms with Crippen LogP contribution in [0.25, 0.3) is 0 Å². The summed E-state index contributed by atoms with van der Waals surface area (Å²) in [5, 5.41) is 0. The Morgan fingerprint density at radius 3 is 2.65 bits per heavy atom. The molecule has 5 nitrogen and oxygen atoms in total. The van der Waals surface area contributed by atoms with Gasteiger partial charge in [0.1, 0.15) is 6.61 Å². The van der Waals surface area contributed by atoms with Gasteiger partial charge in [-0.3, -0.25) is 4.18 Å². The molecule has 0 unspecified atom stereocenters. The molecule has 9 heteroatoms. The van der Waals surface area contributed by atoms with E-state index in [1.54, 1.807) is 0 Å². The first-order valence-corrected chi connectivity index (χ1v) is 6.13. The average Bonchev–Trinajstić information content (AvgIpc) is 2.61. The van der Waals surface area contributed by atoms with Gasteiger partial charge in [-0.15, -0.1) is 0 Å². The van der Waals surface area contributed by atoms with Gasteiger partial charge in [0.25, 0.3) is 0 Å². The number of nitrogens with zero attached hydrogens (tertiary/aromatic N) is 2. The quantitative estimate of drug-likeness (QED) is 0.604. The molecule has 0 saturated heterocycles. The van der Waals surface area contributed by atoms with Crippen LogP contribution < -0.4 is 0 Å². The van der Waals surface area contributed by atoms with Crippen LogP contribution in [0.4, 0.5) is 13.2 Å². The van der Waals surface area contributed by atoms with E-state index in [9.17, 15) is 21.6 Å². The normalized spacial score (nSPS) is 12.9. The van der Waals surface area contributed by atoms with Gasteiger partial charge >= 0.3 is 15.6 Å². The lowest BCUT2D eigenvalue weighted by Crippen LogP contribution is -2.25. The van der Waals surface area contributed by atoms with Crippen molar-refractivity contribution in [3.63, 3.8) is 0 Å². The van der Waals surface area contributed by atoms with E-state index >= 15 is 0 Å². The Morgan fingerprint density at radius 1 is 1.47 bits per heavy atom. The highest BCUT2D eigenvalue weighted by atomic mass is 32.2. The number of hydrogen-bond donors (Lipinski definition) is 0. The minimum Gasteiger partial charge on any atom is -0.333 e. The zero-order chi connectivity index (χ0) is 13.1. The van der Waals surface area contributed by atoms with Gasteiger partial charge in [-0.2, -0.15) is 21.6 Å². The van der Waals surface area contributed by atoms with Gasteiger partial charge in [0.2, 0.25) is 0 Å². The molecule has 0 aliphatic heterocycles. The van der Waals surface area contributed by atoms with Crippen molar-refractivity contribution in [2.75, 3.05) is 0 Å². The molecule has 0 atom stereocenters. The maximum Gasteiger partial charge on any atom is 0.523 e. The van der Waals surface area contributed by atoms with Crippen molar-refractivity contribution in [2.45, 2.75) is 32.0 Å². The first kappa shape index (κ1) is 14.0. The van der Waals surface area contributed by atoms with E-state index in [4.69, 9.17) is 0 Å². The molecule has 0 aliphatic rings. The monoisotopic (exact) mass is 272 g/mol. The second-order valence-electron chi connectivity index (χ2n) is 3.24. The molecule has 0 N–H and O–H groups in total. The van der Waals surface area contributed by atoms with Crippen molar-refractivity contribution in [1.82, 2.24) is 9.55 Å². The van der Waals surface area contributed by atoms with Gasteiger partial charge in [-0.1, -0.05) is 6.92 Å². The van der Waals surface area contributed by atoms with E-state index in [-0.39, 0.29) is 5.69 Å². The Labute approximate surface area is 96.3 Å². The molecule has 1 aromatic rings. The Kier molecular flexibility index (Phi) is 4.15. The van der Waals surface area contributed by atoms with Crippen LogP contribution in [0.1, 0.15) is 19.0 Å². The molecular weight excluding hydrogens is 261 g/mol. The molecule has 1 aromatic heterocycles. The van der Waals surface area contributed by atoms with Crippen molar-refractivity contribution >= 4 is 10.1 Å². The summed E-state index contributed by atoms with van der Waals surface area (Å²) in [6, 6.07) is 0. The summed E-state index contributed by atoms with van der Waals surface area (Å²) in [4.78, 5) is 3.71. The fourth-order valence-electron chi connectivity index (χ4n) is 1.12. The third-order valence-corrected chi connectivity index (χ3v) is 2.90. The number of halogens is 3. The fraction of sp³-hybridized carbons (Fsp3) is 0.625. The highest BCUT2D eigenvalue weighted by molar-refractivity contribution is 7.87. The van der Waals surface area contributed by atoms with E-state index in [1.165, 1.54) is 17.1 Å². The molecule has 0 amide bonds. The predicted octanol–water partition coefficient (Wildman–Crippen LogP) is 1.66. The van der Waals surface area contributed by atoms with E-state index < -0.39 is 22.2 Å². The number of aromatic nitrogens is 2. The molecule has 0 radical (unpaired) electrons. The molecule has 98 valence electrons. The van der Waals surface area contributed by atoms with Crippen LogP contribution in [0.5, 0.6) is 0 Å². The second kappa shape index (κ2) is 5.05. The molecule has 0 saturated carbocycles. The highest BCUT2D eigenvalue weighted by Crippen LogP contribution is 2.25. The van der Waals surface area contributed by atoms with Crippen molar-refractivity contribution in [3.05, 3.63) is 18.2 Å². The molecule has 17 heavy (non-hydrogen) atoms. The summed E-state index contributed by atoms with van der Waals surface area (Å²) in [6.45, 7) is 1.73. The van der Waals surface area contributed by atoms with Crippen molar-refractivity contribution in [1.29, 1.82) is 0 Å². The summed E-state index contributed by atoms with van der Waals surface area (Å²) in [7, 11) is -5.55. The first-order valence-electron chi connectivity index (χ1n) is 4.72. The molecule has 0 fully saturated rings. The average molecular weight is 272 g/mol. The van der Waals surface area contributed by atoms with Crippen LogP contribution in [0.2, 0.25) is 0 Å². The molecule has 0 spiro atoms. The predicted molar refractivity (Wildman–Crippen MR) is 52.3 cm³/mol. The lowest BCUT2D eigenvalue weighted by molar-refractivity contribution is -0.0549. The van der Waals surface area contributed by atoms with E-state index in [0.717, 1.165) is 6.42 Å². The summed E-state index contributed by atoms with van der Waals surface area (Å²) in [5.74, 6) is 0. The van der Waals surface area contributed by atoms with Crippen LogP contribution in [0, 0.1) is 0 Å². The van der Waals surface area contributed by atoms with Crippen LogP contribution in [0.3, 0.4) is 0 Å². The zero-order valence-corrected chi connectivity index (χ0v) is 9.75. The third-order valence-electron chi connectivity index (χ3n) is 1.91. The van der Waals surface area contributed by atoms with E-state index in [2.05, 4.69) is 9.17 Å². The molecular formula is C8H11F3N2O3S. The van der Waals surface area contributed by atoms with Crippen molar-refractivity contribution in [3.8, 4) is 0 Å². The van der Waals surface area contributed by atoms with Crippen LogP contribution in [0.15, 0.2) is 12.5 Å². The molecule has 1 heterocycles. The number of aryl methyl sites for hydroxylation is 1. The van der Waals surface area contributed by atoms with Crippen LogP contribution in [-0.2, 0) is 27.5 Å². The smallest absolute Gasteiger partial charge is 0.333 e. The highest BCUT2D eigenvalue weighted by Gasteiger charge is 2.47. The van der Waals surface area contributed by atoms with Crippen molar-refractivity contribution in [2.24, 2.45) is 0 Å². The Hall–Kier alpha value is -1.09. The second-order valence-corrected chi connectivity index (χ2v) is 4.85. The van der Waals surface area contributed by atoms with E-state index in [0.29, 0.717) is 6.54 Å². The number of imidazole rings is 1.